The first-order valence-corrected chi connectivity index (χ1v) is 6.03. The van der Waals surface area contributed by atoms with Crippen molar-refractivity contribution in [2.24, 2.45) is 5.92 Å². The maximum atomic E-state index is 3.51. The zero-order valence-corrected chi connectivity index (χ0v) is 8.99. The SMILES string of the molecule is Cc1cscc1CNCCC1CC1. The molecule has 1 aliphatic rings. The van der Waals surface area contributed by atoms with Crippen LogP contribution in [0.2, 0.25) is 0 Å². The van der Waals surface area contributed by atoms with Crippen LogP contribution in [0.15, 0.2) is 10.8 Å². The summed E-state index contributed by atoms with van der Waals surface area (Å²) in [5.74, 6) is 1.05. The minimum atomic E-state index is 1.05. The lowest BCUT2D eigenvalue weighted by molar-refractivity contribution is 0.612. The van der Waals surface area contributed by atoms with Gasteiger partial charge in [-0.2, -0.15) is 11.3 Å². The maximum absolute atomic E-state index is 3.51. The van der Waals surface area contributed by atoms with Gasteiger partial charge in [-0.3, -0.25) is 0 Å². The van der Waals surface area contributed by atoms with Crippen LogP contribution in [0.5, 0.6) is 0 Å². The van der Waals surface area contributed by atoms with Crippen LogP contribution in [0.25, 0.3) is 0 Å². The summed E-state index contributed by atoms with van der Waals surface area (Å²) in [4.78, 5) is 0. The molecule has 0 unspecified atom stereocenters. The van der Waals surface area contributed by atoms with Gasteiger partial charge in [0, 0.05) is 6.54 Å². The van der Waals surface area contributed by atoms with E-state index in [0.717, 1.165) is 12.5 Å². The molecule has 0 aliphatic heterocycles. The number of thiophene rings is 1. The molecule has 2 rings (SSSR count). The van der Waals surface area contributed by atoms with Gasteiger partial charge >= 0.3 is 0 Å². The summed E-state index contributed by atoms with van der Waals surface area (Å²) in [5, 5.41) is 7.98. The summed E-state index contributed by atoms with van der Waals surface area (Å²) in [6.07, 6.45) is 4.32. The molecule has 1 fully saturated rings. The summed E-state index contributed by atoms with van der Waals surface area (Å²) in [7, 11) is 0. The van der Waals surface area contributed by atoms with Gasteiger partial charge in [0.05, 0.1) is 0 Å². The predicted octanol–water partition coefficient (Wildman–Crippen LogP) is 2.95. The fourth-order valence-corrected chi connectivity index (χ4v) is 2.36. The van der Waals surface area contributed by atoms with Crippen molar-refractivity contribution < 1.29 is 0 Å². The van der Waals surface area contributed by atoms with Gasteiger partial charge in [0.1, 0.15) is 0 Å². The van der Waals surface area contributed by atoms with Crippen LogP contribution in [0.1, 0.15) is 30.4 Å². The van der Waals surface area contributed by atoms with Crippen molar-refractivity contribution in [3.05, 3.63) is 21.9 Å². The number of hydrogen-bond donors (Lipinski definition) is 1. The zero-order valence-electron chi connectivity index (χ0n) is 8.18. The van der Waals surface area contributed by atoms with Crippen molar-refractivity contribution in [2.45, 2.75) is 32.7 Å². The second-order valence-corrected chi connectivity index (χ2v) is 4.73. The van der Waals surface area contributed by atoms with Gasteiger partial charge in [-0.05, 0) is 47.7 Å². The van der Waals surface area contributed by atoms with E-state index in [1.165, 1.54) is 36.9 Å². The minimum absolute atomic E-state index is 1.05. The van der Waals surface area contributed by atoms with E-state index < -0.39 is 0 Å². The Balaban J connectivity index is 1.64. The molecule has 1 saturated carbocycles. The standard InChI is InChI=1S/C11H17NS/c1-9-7-13-8-11(9)6-12-5-4-10-2-3-10/h7-8,10,12H,2-6H2,1H3. The second-order valence-electron chi connectivity index (χ2n) is 3.99. The van der Waals surface area contributed by atoms with Crippen LogP contribution >= 0.6 is 11.3 Å². The van der Waals surface area contributed by atoms with Crippen LogP contribution in [0.3, 0.4) is 0 Å². The topological polar surface area (TPSA) is 12.0 Å². The molecule has 2 heteroatoms. The van der Waals surface area contributed by atoms with Crippen LogP contribution in [-0.4, -0.2) is 6.54 Å². The third kappa shape index (κ3) is 2.82. The molecule has 0 amide bonds. The van der Waals surface area contributed by atoms with Gasteiger partial charge in [-0.1, -0.05) is 12.8 Å². The molecule has 13 heavy (non-hydrogen) atoms. The van der Waals surface area contributed by atoms with Crippen LogP contribution in [-0.2, 0) is 6.54 Å². The zero-order chi connectivity index (χ0) is 9.10. The fourth-order valence-electron chi connectivity index (χ4n) is 1.50. The summed E-state index contributed by atoms with van der Waals surface area (Å²) in [6.45, 7) is 4.44. The molecule has 0 saturated heterocycles. The Hall–Kier alpha value is -0.340. The van der Waals surface area contributed by atoms with Crippen molar-refractivity contribution in [3.63, 3.8) is 0 Å². The summed E-state index contributed by atoms with van der Waals surface area (Å²) in [5.41, 5.74) is 2.91. The first kappa shape index (κ1) is 9.22. The molecular weight excluding hydrogens is 178 g/mol. The molecule has 72 valence electrons. The lowest BCUT2D eigenvalue weighted by atomic mass is 10.2. The lowest BCUT2D eigenvalue weighted by Gasteiger charge is -2.02. The molecule has 0 atom stereocenters. The molecule has 1 heterocycles. The third-order valence-electron chi connectivity index (χ3n) is 2.70. The van der Waals surface area contributed by atoms with Gasteiger partial charge < -0.3 is 5.32 Å². The molecular formula is C11H17NS. The normalized spacial score (nSPS) is 16.4. The Labute approximate surface area is 84.2 Å². The predicted molar refractivity (Wildman–Crippen MR) is 58.1 cm³/mol. The van der Waals surface area contributed by atoms with Crippen LogP contribution in [0.4, 0.5) is 0 Å². The molecule has 1 nitrogen and oxygen atoms in total. The van der Waals surface area contributed by atoms with Gasteiger partial charge in [0.25, 0.3) is 0 Å². The minimum Gasteiger partial charge on any atom is -0.313 e. The average Bonchev–Trinajstić information content (AvgIpc) is 2.86. The Morgan fingerprint density at radius 3 is 2.92 bits per heavy atom. The molecule has 0 aromatic carbocycles. The quantitative estimate of drug-likeness (QED) is 0.712. The van der Waals surface area contributed by atoms with E-state index in [0.29, 0.717) is 0 Å². The molecule has 1 aromatic heterocycles. The van der Waals surface area contributed by atoms with Crippen LogP contribution in [0, 0.1) is 12.8 Å². The fraction of sp³-hybridized carbons (Fsp3) is 0.636. The first-order chi connectivity index (χ1) is 6.36. The number of nitrogens with one attached hydrogen (secondary N) is 1. The molecule has 0 bridgehead atoms. The second kappa shape index (κ2) is 4.25. The molecule has 0 spiro atoms. The van der Waals surface area contributed by atoms with E-state index in [9.17, 15) is 0 Å². The van der Waals surface area contributed by atoms with E-state index in [1.54, 1.807) is 11.3 Å². The van der Waals surface area contributed by atoms with Gasteiger partial charge in [-0.15, -0.1) is 0 Å². The monoisotopic (exact) mass is 195 g/mol. The van der Waals surface area contributed by atoms with Gasteiger partial charge in [-0.25, -0.2) is 0 Å². The lowest BCUT2D eigenvalue weighted by Crippen LogP contribution is -2.15. The Morgan fingerprint density at radius 1 is 1.46 bits per heavy atom. The largest absolute Gasteiger partial charge is 0.313 e. The first-order valence-electron chi connectivity index (χ1n) is 5.08. The van der Waals surface area contributed by atoms with E-state index in [4.69, 9.17) is 0 Å². The Kier molecular flexibility index (Phi) is 3.01. The summed E-state index contributed by atoms with van der Waals surface area (Å²) in [6, 6.07) is 0. The van der Waals surface area contributed by atoms with Crippen LogP contribution < -0.4 is 5.32 Å². The Bertz CT molecular complexity index is 263. The van der Waals surface area contributed by atoms with Crippen molar-refractivity contribution in [1.82, 2.24) is 5.32 Å². The van der Waals surface area contributed by atoms with Crippen molar-refractivity contribution >= 4 is 11.3 Å². The smallest absolute Gasteiger partial charge is 0.0216 e. The van der Waals surface area contributed by atoms with Gasteiger partial charge in [0.15, 0.2) is 0 Å². The Morgan fingerprint density at radius 2 is 2.31 bits per heavy atom. The highest BCUT2D eigenvalue weighted by atomic mass is 32.1. The van der Waals surface area contributed by atoms with Gasteiger partial charge in [0.2, 0.25) is 0 Å². The highest BCUT2D eigenvalue weighted by Crippen LogP contribution is 2.31. The van der Waals surface area contributed by atoms with E-state index >= 15 is 0 Å². The summed E-state index contributed by atoms with van der Waals surface area (Å²) >= 11 is 1.80. The van der Waals surface area contributed by atoms with E-state index in [1.807, 2.05) is 0 Å². The number of rotatable bonds is 5. The van der Waals surface area contributed by atoms with E-state index in [2.05, 4.69) is 23.0 Å². The number of aryl methyl sites for hydroxylation is 1. The van der Waals surface area contributed by atoms with E-state index in [-0.39, 0.29) is 0 Å². The van der Waals surface area contributed by atoms with Crippen molar-refractivity contribution in [3.8, 4) is 0 Å². The highest BCUT2D eigenvalue weighted by molar-refractivity contribution is 7.08. The third-order valence-corrected chi connectivity index (χ3v) is 3.61. The van der Waals surface area contributed by atoms with Crippen molar-refractivity contribution in [1.29, 1.82) is 0 Å². The summed E-state index contributed by atoms with van der Waals surface area (Å²) < 4.78 is 0. The molecule has 1 aromatic rings. The average molecular weight is 195 g/mol. The molecule has 0 radical (unpaired) electrons. The molecule has 1 aliphatic carbocycles. The molecule has 1 N–H and O–H groups in total. The number of hydrogen-bond acceptors (Lipinski definition) is 2. The highest BCUT2D eigenvalue weighted by Gasteiger charge is 2.19. The van der Waals surface area contributed by atoms with Crippen molar-refractivity contribution in [2.75, 3.05) is 6.54 Å². The maximum Gasteiger partial charge on any atom is 0.0216 e.